The highest BCUT2D eigenvalue weighted by Crippen LogP contribution is 2.12. The van der Waals surface area contributed by atoms with Crippen molar-refractivity contribution in [2.75, 3.05) is 32.7 Å². The van der Waals surface area contributed by atoms with E-state index < -0.39 is 0 Å². The standard InChI is InChI=1S/C19H24FN3/c20-19-7-2-1-6-18(19)16-23-11-4-10-22(13-14-23)12-8-17-5-3-9-21-15-17/h1-3,5-7,9,15H,4,8,10-14,16H2. The lowest BCUT2D eigenvalue weighted by Gasteiger charge is -2.22. The van der Waals surface area contributed by atoms with Crippen LogP contribution in [0.1, 0.15) is 17.5 Å². The van der Waals surface area contributed by atoms with Gasteiger partial charge in [0.05, 0.1) is 0 Å². The molecule has 0 amide bonds. The Hall–Kier alpha value is -1.78. The van der Waals surface area contributed by atoms with E-state index in [1.165, 1.54) is 5.56 Å². The Balaban J connectivity index is 1.48. The van der Waals surface area contributed by atoms with Crippen LogP contribution in [0.15, 0.2) is 48.8 Å². The molecule has 1 fully saturated rings. The van der Waals surface area contributed by atoms with Crippen molar-refractivity contribution < 1.29 is 4.39 Å². The third-order valence-electron chi connectivity index (χ3n) is 4.47. The summed E-state index contributed by atoms with van der Waals surface area (Å²) in [7, 11) is 0. The van der Waals surface area contributed by atoms with E-state index in [-0.39, 0.29) is 5.82 Å². The number of hydrogen-bond acceptors (Lipinski definition) is 3. The zero-order chi connectivity index (χ0) is 15.9. The molecule has 1 aromatic heterocycles. The first-order chi connectivity index (χ1) is 11.3. The van der Waals surface area contributed by atoms with Gasteiger partial charge in [-0.1, -0.05) is 24.3 Å². The molecule has 2 heterocycles. The minimum absolute atomic E-state index is 0.0924. The SMILES string of the molecule is Fc1ccccc1CN1CCCN(CCc2cccnc2)CC1. The van der Waals surface area contributed by atoms with E-state index >= 15 is 0 Å². The minimum Gasteiger partial charge on any atom is -0.302 e. The fourth-order valence-electron chi connectivity index (χ4n) is 3.11. The summed E-state index contributed by atoms with van der Waals surface area (Å²) in [6, 6.07) is 11.2. The van der Waals surface area contributed by atoms with Gasteiger partial charge in [0.2, 0.25) is 0 Å². The molecule has 0 bridgehead atoms. The fourth-order valence-corrected chi connectivity index (χ4v) is 3.11. The van der Waals surface area contributed by atoms with Crippen molar-refractivity contribution in [2.24, 2.45) is 0 Å². The summed E-state index contributed by atoms with van der Waals surface area (Å²) in [6.45, 7) is 5.99. The maximum Gasteiger partial charge on any atom is 0.127 e. The van der Waals surface area contributed by atoms with E-state index in [1.807, 2.05) is 30.6 Å². The predicted molar refractivity (Wildman–Crippen MR) is 90.7 cm³/mol. The molecule has 1 aliphatic rings. The van der Waals surface area contributed by atoms with Gasteiger partial charge in [0.15, 0.2) is 0 Å². The summed E-state index contributed by atoms with van der Waals surface area (Å²) in [5.41, 5.74) is 2.09. The summed E-state index contributed by atoms with van der Waals surface area (Å²) in [5.74, 6) is -0.0924. The van der Waals surface area contributed by atoms with Gasteiger partial charge in [-0.25, -0.2) is 4.39 Å². The summed E-state index contributed by atoms with van der Waals surface area (Å²) < 4.78 is 13.8. The van der Waals surface area contributed by atoms with Crippen molar-refractivity contribution in [2.45, 2.75) is 19.4 Å². The molecule has 0 unspecified atom stereocenters. The van der Waals surface area contributed by atoms with Crippen LogP contribution in [0.5, 0.6) is 0 Å². The van der Waals surface area contributed by atoms with Crippen LogP contribution in [0.4, 0.5) is 4.39 Å². The van der Waals surface area contributed by atoms with Crippen LogP contribution in [0.2, 0.25) is 0 Å². The van der Waals surface area contributed by atoms with Gasteiger partial charge in [0, 0.05) is 44.1 Å². The van der Waals surface area contributed by atoms with E-state index in [4.69, 9.17) is 0 Å². The maximum atomic E-state index is 13.8. The molecule has 1 aliphatic heterocycles. The average molecular weight is 313 g/mol. The van der Waals surface area contributed by atoms with Crippen LogP contribution in [-0.4, -0.2) is 47.5 Å². The van der Waals surface area contributed by atoms with Crippen LogP contribution < -0.4 is 0 Å². The zero-order valence-corrected chi connectivity index (χ0v) is 13.5. The monoisotopic (exact) mass is 313 g/mol. The molecule has 2 aromatic rings. The summed E-state index contributed by atoms with van der Waals surface area (Å²) >= 11 is 0. The van der Waals surface area contributed by atoms with Gasteiger partial charge in [-0.15, -0.1) is 0 Å². The third-order valence-corrected chi connectivity index (χ3v) is 4.47. The van der Waals surface area contributed by atoms with E-state index in [0.29, 0.717) is 6.54 Å². The number of hydrogen-bond donors (Lipinski definition) is 0. The summed E-state index contributed by atoms with van der Waals surface area (Å²) in [6.07, 6.45) is 5.95. The van der Waals surface area contributed by atoms with Gasteiger partial charge in [-0.05, 0) is 43.6 Å². The molecular formula is C19H24FN3. The number of rotatable bonds is 5. The van der Waals surface area contributed by atoms with Crippen molar-refractivity contribution in [1.29, 1.82) is 0 Å². The molecule has 122 valence electrons. The molecule has 4 heteroatoms. The van der Waals surface area contributed by atoms with Crippen LogP contribution in [0, 0.1) is 5.82 Å². The Morgan fingerprint density at radius 1 is 0.957 bits per heavy atom. The van der Waals surface area contributed by atoms with Crippen molar-refractivity contribution in [3.05, 3.63) is 65.7 Å². The van der Waals surface area contributed by atoms with Gasteiger partial charge in [0.1, 0.15) is 5.82 Å². The molecular weight excluding hydrogens is 289 g/mol. The molecule has 1 aromatic carbocycles. The van der Waals surface area contributed by atoms with Gasteiger partial charge in [-0.3, -0.25) is 9.88 Å². The number of pyridine rings is 1. The van der Waals surface area contributed by atoms with Gasteiger partial charge in [0.25, 0.3) is 0 Å². The number of aromatic nitrogens is 1. The molecule has 3 rings (SSSR count). The van der Waals surface area contributed by atoms with E-state index in [2.05, 4.69) is 20.9 Å². The Morgan fingerprint density at radius 3 is 2.61 bits per heavy atom. The van der Waals surface area contributed by atoms with Gasteiger partial charge >= 0.3 is 0 Å². The van der Waals surface area contributed by atoms with E-state index in [0.717, 1.165) is 51.1 Å². The largest absolute Gasteiger partial charge is 0.302 e. The topological polar surface area (TPSA) is 19.4 Å². The summed E-state index contributed by atoms with van der Waals surface area (Å²) in [4.78, 5) is 9.04. The lowest BCUT2D eigenvalue weighted by Crippen LogP contribution is -2.32. The second kappa shape index (κ2) is 8.18. The summed E-state index contributed by atoms with van der Waals surface area (Å²) in [5, 5.41) is 0. The lowest BCUT2D eigenvalue weighted by atomic mass is 10.2. The molecule has 0 spiro atoms. The van der Waals surface area contributed by atoms with Crippen LogP contribution in [0.3, 0.4) is 0 Å². The second-order valence-corrected chi connectivity index (χ2v) is 6.17. The fraction of sp³-hybridized carbons (Fsp3) is 0.421. The Kier molecular flexibility index (Phi) is 5.72. The number of benzene rings is 1. The van der Waals surface area contributed by atoms with Gasteiger partial charge < -0.3 is 4.90 Å². The van der Waals surface area contributed by atoms with Crippen molar-refractivity contribution in [3.63, 3.8) is 0 Å². The third kappa shape index (κ3) is 4.85. The molecule has 0 radical (unpaired) electrons. The second-order valence-electron chi connectivity index (χ2n) is 6.17. The van der Waals surface area contributed by atoms with Crippen LogP contribution in [-0.2, 0) is 13.0 Å². The van der Waals surface area contributed by atoms with Crippen LogP contribution in [0.25, 0.3) is 0 Å². The highest BCUT2D eigenvalue weighted by molar-refractivity contribution is 5.17. The Bertz CT molecular complexity index is 603. The highest BCUT2D eigenvalue weighted by atomic mass is 19.1. The molecule has 0 saturated carbocycles. The van der Waals surface area contributed by atoms with Crippen molar-refractivity contribution in [3.8, 4) is 0 Å². The first kappa shape index (κ1) is 16.1. The molecule has 3 nitrogen and oxygen atoms in total. The lowest BCUT2D eigenvalue weighted by molar-refractivity contribution is 0.251. The van der Waals surface area contributed by atoms with Crippen molar-refractivity contribution in [1.82, 2.24) is 14.8 Å². The Labute approximate surface area is 137 Å². The molecule has 23 heavy (non-hydrogen) atoms. The quantitative estimate of drug-likeness (QED) is 0.846. The maximum absolute atomic E-state index is 13.8. The molecule has 0 atom stereocenters. The molecule has 1 saturated heterocycles. The first-order valence-electron chi connectivity index (χ1n) is 8.38. The highest BCUT2D eigenvalue weighted by Gasteiger charge is 2.15. The van der Waals surface area contributed by atoms with E-state index in [9.17, 15) is 4.39 Å². The number of halogens is 1. The first-order valence-corrected chi connectivity index (χ1v) is 8.38. The van der Waals surface area contributed by atoms with Crippen LogP contribution >= 0.6 is 0 Å². The van der Waals surface area contributed by atoms with Gasteiger partial charge in [-0.2, -0.15) is 0 Å². The van der Waals surface area contributed by atoms with Crippen molar-refractivity contribution >= 4 is 0 Å². The van der Waals surface area contributed by atoms with E-state index in [1.54, 1.807) is 12.1 Å². The number of nitrogens with zero attached hydrogens (tertiary/aromatic N) is 3. The normalized spacial score (nSPS) is 17.1. The smallest absolute Gasteiger partial charge is 0.127 e. The molecule has 0 N–H and O–H groups in total. The zero-order valence-electron chi connectivity index (χ0n) is 13.5. The Morgan fingerprint density at radius 2 is 1.78 bits per heavy atom. The minimum atomic E-state index is -0.0924. The average Bonchev–Trinajstić information content (AvgIpc) is 2.81. The molecule has 0 aliphatic carbocycles. The predicted octanol–water partition coefficient (Wildman–Crippen LogP) is 2.97.